The Morgan fingerprint density at radius 3 is 2.56 bits per heavy atom. The van der Waals surface area contributed by atoms with Crippen molar-refractivity contribution in [1.82, 2.24) is 24.7 Å². The summed E-state index contributed by atoms with van der Waals surface area (Å²) in [6, 6.07) is 10.5. The van der Waals surface area contributed by atoms with Gasteiger partial charge in [-0.25, -0.2) is 19.2 Å². The van der Waals surface area contributed by atoms with Gasteiger partial charge in [0.2, 0.25) is 0 Å². The summed E-state index contributed by atoms with van der Waals surface area (Å²) < 4.78 is 21.5. The lowest BCUT2D eigenvalue weighted by Crippen LogP contribution is -2.22. The normalized spacial score (nSPS) is 12.1. The summed E-state index contributed by atoms with van der Waals surface area (Å²) in [4.78, 5) is 37.9. The standard InChI is InChI=1S/C27H22ClFN6O4/c1-12-9-17(13(2)30-20-7-8-21(28)32-23(20)27(37)38)22-18(10-12)26(36)35(4)24(33-22)15-5-6-16(19(29)11-15)25-31-14(3)34-39-25/h5-11,13,30H,1-4H3,(H,37,38)/t13-/m1/s1. The molecule has 0 amide bonds. The highest BCUT2D eigenvalue weighted by molar-refractivity contribution is 6.29. The minimum absolute atomic E-state index is 0.0481. The number of hydrogen-bond acceptors (Lipinski definition) is 8. The zero-order chi connectivity index (χ0) is 28.0. The first-order chi connectivity index (χ1) is 18.5. The van der Waals surface area contributed by atoms with E-state index in [1.54, 1.807) is 26.1 Å². The topological polar surface area (TPSA) is 136 Å². The lowest BCUT2D eigenvalue weighted by atomic mass is 10.0. The van der Waals surface area contributed by atoms with Gasteiger partial charge in [0.15, 0.2) is 11.5 Å². The van der Waals surface area contributed by atoms with Crippen LogP contribution in [0.15, 0.2) is 51.8 Å². The number of aromatic nitrogens is 5. The number of carbonyl (C=O) groups is 1. The fourth-order valence-electron chi connectivity index (χ4n) is 4.40. The lowest BCUT2D eigenvalue weighted by molar-refractivity contribution is 0.0691. The number of aryl methyl sites for hydroxylation is 2. The molecular weight excluding hydrogens is 527 g/mol. The minimum atomic E-state index is -1.24. The van der Waals surface area contributed by atoms with Crippen LogP contribution in [0.5, 0.6) is 0 Å². The van der Waals surface area contributed by atoms with Crippen molar-refractivity contribution in [3.63, 3.8) is 0 Å². The highest BCUT2D eigenvalue weighted by atomic mass is 35.5. The second-order valence-electron chi connectivity index (χ2n) is 9.09. The van der Waals surface area contributed by atoms with Gasteiger partial charge in [-0.2, -0.15) is 4.98 Å². The van der Waals surface area contributed by atoms with Gasteiger partial charge in [0.05, 0.1) is 28.2 Å². The second kappa shape index (κ2) is 9.91. The number of pyridine rings is 1. The Labute approximate surface area is 226 Å². The molecule has 0 unspecified atom stereocenters. The van der Waals surface area contributed by atoms with Gasteiger partial charge in [0.1, 0.15) is 16.8 Å². The van der Waals surface area contributed by atoms with Crippen molar-refractivity contribution >= 4 is 34.2 Å². The van der Waals surface area contributed by atoms with Crippen LogP contribution in [0.3, 0.4) is 0 Å². The fraction of sp³-hybridized carbons (Fsp3) is 0.185. The van der Waals surface area contributed by atoms with Gasteiger partial charge >= 0.3 is 5.97 Å². The average molecular weight is 549 g/mol. The Bertz CT molecular complexity index is 1830. The monoisotopic (exact) mass is 548 g/mol. The molecule has 0 aliphatic rings. The highest BCUT2D eigenvalue weighted by Gasteiger charge is 2.21. The number of carboxylic acid groups (broad SMARTS) is 1. The molecule has 0 fully saturated rings. The van der Waals surface area contributed by atoms with Crippen molar-refractivity contribution in [1.29, 1.82) is 0 Å². The average Bonchev–Trinajstić information content (AvgIpc) is 3.32. The Morgan fingerprint density at radius 2 is 1.90 bits per heavy atom. The molecule has 3 aromatic heterocycles. The number of fused-ring (bicyclic) bond motifs is 1. The SMILES string of the molecule is Cc1cc([C@@H](C)Nc2ccc(Cl)nc2C(=O)O)c2nc(-c3ccc(-c4nc(C)no4)c(F)c3)n(C)c(=O)c2c1. The number of benzene rings is 2. The van der Waals surface area contributed by atoms with Gasteiger partial charge in [-0.05, 0) is 56.7 Å². The van der Waals surface area contributed by atoms with Gasteiger partial charge in [-0.3, -0.25) is 9.36 Å². The number of halogens is 2. The summed E-state index contributed by atoms with van der Waals surface area (Å²) in [6.07, 6.45) is 0. The van der Waals surface area contributed by atoms with E-state index in [1.807, 2.05) is 19.9 Å². The van der Waals surface area contributed by atoms with E-state index in [-0.39, 0.29) is 39.4 Å². The third-order valence-corrected chi connectivity index (χ3v) is 6.45. The van der Waals surface area contributed by atoms with Crippen molar-refractivity contribution < 1.29 is 18.8 Å². The number of aromatic carboxylic acids is 1. The first-order valence-electron chi connectivity index (χ1n) is 11.8. The van der Waals surface area contributed by atoms with E-state index in [0.717, 1.165) is 5.56 Å². The first-order valence-corrected chi connectivity index (χ1v) is 12.2. The van der Waals surface area contributed by atoms with Crippen LogP contribution < -0.4 is 10.9 Å². The van der Waals surface area contributed by atoms with Crippen molar-refractivity contribution in [2.75, 3.05) is 5.32 Å². The molecule has 0 saturated carbocycles. The third kappa shape index (κ3) is 4.84. The molecule has 0 bridgehead atoms. The number of nitrogens with zero attached hydrogens (tertiary/aromatic N) is 5. The Hall–Kier alpha value is -4.64. The summed E-state index contributed by atoms with van der Waals surface area (Å²) in [7, 11) is 1.57. The van der Waals surface area contributed by atoms with E-state index in [4.69, 9.17) is 21.1 Å². The maximum Gasteiger partial charge on any atom is 0.356 e. The van der Waals surface area contributed by atoms with Crippen LogP contribution in [-0.2, 0) is 7.05 Å². The van der Waals surface area contributed by atoms with Crippen LogP contribution in [-0.4, -0.2) is 35.8 Å². The number of rotatable bonds is 6. The number of nitrogens with one attached hydrogen (secondary N) is 1. The maximum atomic E-state index is 15.1. The molecule has 198 valence electrons. The van der Waals surface area contributed by atoms with Gasteiger partial charge in [0.25, 0.3) is 11.4 Å². The van der Waals surface area contributed by atoms with Crippen molar-refractivity contribution in [2.24, 2.45) is 7.05 Å². The molecule has 1 atom stereocenters. The summed E-state index contributed by atoms with van der Waals surface area (Å²) in [5.41, 5.74) is 2.07. The van der Waals surface area contributed by atoms with Crippen molar-refractivity contribution in [2.45, 2.75) is 26.8 Å². The largest absolute Gasteiger partial charge is 0.476 e. The lowest BCUT2D eigenvalue weighted by Gasteiger charge is -2.20. The highest BCUT2D eigenvalue weighted by Crippen LogP contribution is 2.31. The fourth-order valence-corrected chi connectivity index (χ4v) is 4.55. The van der Waals surface area contributed by atoms with Gasteiger partial charge in [-0.15, -0.1) is 0 Å². The Morgan fingerprint density at radius 1 is 1.13 bits per heavy atom. The smallest absolute Gasteiger partial charge is 0.356 e. The van der Waals surface area contributed by atoms with Crippen LogP contribution in [0.25, 0.3) is 33.7 Å². The van der Waals surface area contributed by atoms with Gasteiger partial charge in [-0.1, -0.05) is 28.9 Å². The molecule has 0 aliphatic carbocycles. The molecule has 2 aromatic carbocycles. The third-order valence-electron chi connectivity index (χ3n) is 6.24. The molecule has 2 N–H and O–H groups in total. The molecule has 0 spiro atoms. The number of anilines is 1. The zero-order valence-corrected chi connectivity index (χ0v) is 22.0. The number of hydrogen-bond donors (Lipinski definition) is 2. The number of carboxylic acids is 1. The quantitative estimate of drug-likeness (QED) is 0.270. The Kier molecular flexibility index (Phi) is 6.61. The van der Waals surface area contributed by atoms with Crippen molar-refractivity contribution in [3.8, 4) is 22.8 Å². The van der Waals surface area contributed by atoms with E-state index in [9.17, 15) is 14.7 Å². The molecule has 5 aromatic rings. The first kappa shape index (κ1) is 26.0. The molecule has 3 heterocycles. The van der Waals surface area contributed by atoms with Crippen LogP contribution in [0, 0.1) is 19.7 Å². The maximum absolute atomic E-state index is 15.1. The molecule has 0 radical (unpaired) electrons. The predicted molar refractivity (Wildman–Crippen MR) is 143 cm³/mol. The van der Waals surface area contributed by atoms with E-state index >= 15 is 4.39 Å². The van der Waals surface area contributed by atoms with Crippen LogP contribution in [0.2, 0.25) is 5.15 Å². The molecular formula is C27H22ClFN6O4. The van der Waals surface area contributed by atoms with Gasteiger partial charge < -0.3 is 14.9 Å². The molecule has 12 heteroatoms. The Balaban J connectivity index is 1.63. The minimum Gasteiger partial charge on any atom is -0.476 e. The molecule has 5 rings (SSSR count). The molecule has 39 heavy (non-hydrogen) atoms. The van der Waals surface area contributed by atoms with E-state index in [0.29, 0.717) is 27.9 Å². The summed E-state index contributed by atoms with van der Waals surface area (Å²) in [6.45, 7) is 5.30. The van der Waals surface area contributed by atoms with E-state index in [2.05, 4.69) is 20.4 Å². The van der Waals surface area contributed by atoms with Crippen molar-refractivity contribution in [3.05, 3.63) is 86.4 Å². The van der Waals surface area contributed by atoms with Gasteiger partial charge in [0, 0.05) is 18.2 Å². The van der Waals surface area contributed by atoms with E-state index in [1.165, 1.54) is 28.8 Å². The summed E-state index contributed by atoms with van der Waals surface area (Å²) >= 11 is 5.89. The van der Waals surface area contributed by atoms with Crippen LogP contribution in [0.4, 0.5) is 10.1 Å². The van der Waals surface area contributed by atoms with Crippen LogP contribution >= 0.6 is 11.6 Å². The predicted octanol–water partition coefficient (Wildman–Crippen LogP) is 5.33. The summed E-state index contributed by atoms with van der Waals surface area (Å²) in [5, 5.41) is 16.8. The molecule has 10 nitrogen and oxygen atoms in total. The molecule has 0 aliphatic heterocycles. The second-order valence-corrected chi connectivity index (χ2v) is 9.48. The van der Waals surface area contributed by atoms with Crippen LogP contribution in [0.1, 0.15) is 40.4 Å². The van der Waals surface area contributed by atoms with E-state index < -0.39 is 17.8 Å². The summed E-state index contributed by atoms with van der Waals surface area (Å²) in [5.74, 6) is -1.18. The molecule has 0 saturated heterocycles. The zero-order valence-electron chi connectivity index (χ0n) is 21.3.